The quantitative estimate of drug-likeness (QED) is 0.762. The summed E-state index contributed by atoms with van der Waals surface area (Å²) in [7, 11) is 0. The van der Waals surface area contributed by atoms with E-state index in [1.165, 1.54) is 28.7 Å². The predicted molar refractivity (Wildman–Crippen MR) is 89.2 cm³/mol. The summed E-state index contributed by atoms with van der Waals surface area (Å²) in [4.78, 5) is 8.51. The van der Waals surface area contributed by atoms with Crippen molar-refractivity contribution in [2.75, 3.05) is 11.9 Å². The van der Waals surface area contributed by atoms with Crippen LogP contribution in [0.25, 0.3) is 10.7 Å². The van der Waals surface area contributed by atoms with E-state index >= 15 is 0 Å². The molecule has 3 aromatic heterocycles. The first-order valence-electron chi connectivity index (χ1n) is 7.34. The molecule has 1 aliphatic rings. The molecule has 0 aliphatic heterocycles. The van der Waals surface area contributed by atoms with Crippen LogP contribution in [0.5, 0.6) is 0 Å². The van der Waals surface area contributed by atoms with Crippen molar-refractivity contribution >= 4 is 27.8 Å². The van der Waals surface area contributed by atoms with E-state index in [1.54, 1.807) is 17.8 Å². The molecule has 0 saturated heterocycles. The van der Waals surface area contributed by atoms with Crippen LogP contribution in [0.1, 0.15) is 25.0 Å². The van der Waals surface area contributed by atoms with Gasteiger partial charge in [-0.15, -0.1) is 21.5 Å². The molecule has 0 unspecified atom stereocenters. The Balaban J connectivity index is 1.51. The SMILES string of the molecule is Fc1cccnc1C1(CNc2nnc(-c3cscn3)s2)CCC1. The van der Waals surface area contributed by atoms with Gasteiger partial charge in [0.05, 0.1) is 11.2 Å². The van der Waals surface area contributed by atoms with Gasteiger partial charge in [0.25, 0.3) is 0 Å². The van der Waals surface area contributed by atoms with Gasteiger partial charge in [0, 0.05) is 23.5 Å². The Morgan fingerprint density at radius 3 is 2.87 bits per heavy atom. The van der Waals surface area contributed by atoms with E-state index in [1.807, 2.05) is 5.38 Å². The molecule has 1 fully saturated rings. The lowest BCUT2D eigenvalue weighted by atomic mass is 9.66. The fourth-order valence-electron chi connectivity index (χ4n) is 2.84. The van der Waals surface area contributed by atoms with Crippen LogP contribution in [0.4, 0.5) is 9.52 Å². The molecule has 0 amide bonds. The highest BCUT2D eigenvalue weighted by Crippen LogP contribution is 2.44. The highest BCUT2D eigenvalue weighted by Gasteiger charge is 2.41. The first kappa shape index (κ1) is 14.6. The van der Waals surface area contributed by atoms with Gasteiger partial charge in [0.2, 0.25) is 5.13 Å². The topological polar surface area (TPSA) is 63.6 Å². The largest absolute Gasteiger partial charge is 0.359 e. The average Bonchev–Trinajstić information content (AvgIpc) is 3.18. The number of aromatic nitrogens is 4. The molecule has 23 heavy (non-hydrogen) atoms. The molecule has 0 radical (unpaired) electrons. The summed E-state index contributed by atoms with van der Waals surface area (Å²) in [6, 6.07) is 3.11. The number of hydrogen-bond donors (Lipinski definition) is 1. The Labute approximate surface area is 140 Å². The zero-order valence-corrected chi connectivity index (χ0v) is 13.8. The minimum Gasteiger partial charge on any atom is -0.359 e. The molecule has 0 aromatic carbocycles. The molecule has 3 heterocycles. The number of hydrogen-bond acceptors (Lipinski definition) is 7. The standard InChI is InChI=1S/C15H14FN5S2/c16-10-3-1-6-17-12(10)15(4-2-5-15)8-18-14-21-20-13(23-14)11-7-22-9-19-11/h1,3,6-7,9H,2,4-5,8H2,(H,18,21). The number of halogens is 1. The lowest BCUT2D eigenvalue weighted by Crippen LogP contribution is -2.42. The molecule has 1 aliphatic carbocycles. The zero-order chi connectivity index (χ0) is 15.7. The Hall–Kier alpha value is -1.93. The number of nitrogens with one attached hydrogen (secondary N) is 1. The third-order valence-electron chi connectivity index (χ3n) is 4.23. The van der Waals surface area contributed by atoms with E-state index in [0.29, 0.717) is 12.2 Å². The van der Waals surface area contributed by atoms with E-state index in [4.69, 9.17) is 0 Å². The van der Waals surface area contributed by atoms with Gasteiger partial charge in [0.15, 0.2) is 5.01 Å². The summed E-state index contributed by atoms with van der Waals surface area (Å²) in [6.07, 6.45) is 4.62. The normalized spacial score (nSPS) is 16.0. The van der Waals surface area contributed by atoms with Crippen LogP contribution in [-0.4, -0.2) is 26.7 Å². The Morgan fingerprint density at radius 1 is 1.26 bits per heavy atom. The van der Waals surface area contributed by atoms with Crippen LogP contribution in [0.2, 0.25) is 0 Å². The van der Waals surface area contributed by atoms with Crippen molar-refractivity contribution in [3.8, 4) is 10.7 Å². The van der Waals surface area contributed by atoms with E-state index in [9.17, 15) is 4.39 Å². The second kappa shape index (κ2) is 5.93. The van der Waals surface area contributed by atoms with Gasteiger partial charge < -0.3 is 5.32 Å². The van der Waals surface area contributed by atoms with Crippen molar-refractivity contribution in [2.24, 2.45) is 0 Å². The summed E-state index contributed by atoms with van der Waals surface area (Å²) in [5, 5.41) is 15.1. The molecule has 5 nitrogen and oxygen atoms in total. The number of nitrogens with zero attached hydrogens (tertiary/aromatic N) is 4. The van der Waals surface area contributed by atoms with Crippen LogP contribution in [0.15, 0.2) is 29.2 Å². The summed E-state index contributed by atoms with van der Waals surface area (Å²) >= 11 is 2.99. The second-order valence-electron chi connectivity index (χ2n) is 5.61. The molecular weight excluding hydrogens is 333 g/mol. The summed E-state index contributed by atoms with van der Waals surface area (Å²) < 4.78 is 14.1. The second-order valence-corrected chi connectivity index (χ2v) is 7.30. The minimum atomic E-state index is -0.238. The van der Waals surface area contributed by atoms with Crippen LogP contribution in [0, 0.1) is 5.82 Å². The fraction of sp³-hybridized carbons (Fsp3) is 0.333. The zero-order valence-electron chi connectivity index (χ0n) is 12.2. The Kier molecular flexibility index (Phi) is 3.78. The summed E-state index contributed by atoms with van der Waals surface area (Å²) in [5.41, 5.74) is 2.94. The van der Waals surface area contributed by atoms with E-state index in [2.05, 4.69) is 25.5 Å². The fourth-order valence-corrected chi connectivity index (χ4v) is 4.16. The maximum atomic E-state index is 14.1. The number of pyridine rings is 1. The summed E-state index contributed by atoms with van der Waals surface area (Å²) in [5.74, 6) is -0.227. The first-order valence-corrected chi connectivity index (χ1v) is 9.10. The highest BCUT2D eigenvalue weighted by atomic mass is 32.1. The van der Waals surface area contributed by atoms with E-state index in [-0.39, 0.29) is 11.2 Å². The van der Waals surface area contributed by atoms with Crippen molar-refractivity contribution in [2.45, 2.75) is 24.7 Å². The molecule has 3 aromatic rings. The number of anilines is 1. The molecule has 0 atom stereocenters. The molecule has 1 N–H and O–H groups in total. The maximum absolute atomic E-state index is 14.1. The lowest BCUT2D eigenvalue weighted by molar-refractivity contribution is 0.243. The van der Waals surface area contributed by atoms with Crippen molar-refractivity contribution < 1.29 is 4.39 Å². The van der Waals surface area contributed by atoms with Crippen molar-refractivity contribution in [1.29, 1.82) is 0 Å². The molecule has 118 valence electrons. The van der Waals surface area contributed by atoms with Gasteiger partial charge in [-0.05, 0) is 25.0 Å². The Morgan fingerprint density at radius 2 is 2.17 bits per heavy atom. The van der Waals surface area contributed by atoms with E-state index in [0.717, 1.165) is 35.1 Å². The van der Waals surface area contributed by atoms with Gasteiger partial charge in [-0.25, -0.2) is 9.37 Å². The van der Waals surface area contributed by atoms with Crippen molar-refractivity contribution in [1.82, 2.24) is 20.2 Å². The maximum Gasteiger partial charge on any atom is 0.206 e. The minimum absolute atomic E-state index is 0.227. The molecule has 8 heteroatoms. The molecule has 4 rings (SSSR count). The first-order chi connectivity index (χ1) is 11.3. The van der Waals surface area contributed by atoms with Crippen LogP contribution >= 0.6 is 22.7 Å². The van der Waals surface area contributed by atoms with E-state index < -0.39 is 0 Å². The van der Waals surface area contributed by atoms with Gasteiger partial charge in [-0.2, -0.15) is 0 Å². The van der Waals surface area contributed by atoms with Gasteiger partial charge in [0.1, 0.15) is 11.5 Å². The van der Waals surface area contributed by atoms with Crippen LogP contribution in [0.3, 0.4) is 0 Å². The van der Waals surface area contributed by atoms with Crippen LogP contribution < -0.4 is 5.32 Å². The smallest absolute Gasteiger partial charge is 0.206 e. The molecule has 1 saturated carbocycles. The lowest BCUT2D eigenvalue weighted by Gasteiger charge is -2.41. The van der Waals surface area contributed by atoms with Crippen molar-refractivity contribution in [3.05, 3.63) is 40.7 Å². The van der Waals surface area contributed by atoms with Gasteiger partial charge in [-0.1, -0.05) is 17.8 Å². The Bertz CT molecular complexity index is 798. The third-order valence-corrected chi connectivity index (χ3v) is 5.72. The molecule has 0 bridgehead atoms. The predicted octanol–water partition coefficient (Wildman–Crippen LogP) is 3.73. The number of rotatable bonds is 5. The van der Waals surface area contributed by atoms with Gasteiger partial charge in [-0.3, -0.25) is 4.98 Å². The average molecular weight is 347 g/mol. The van der Waals surface area contributed by atoms with Crippen LogP contribution in [-0.2, 0) is 5.41 Å². The monoisotopic (exact) mass is 347 g/mol. The van der Waals surface area contributed by atoms with Gasteiger partial charge >= 0.3 is 0 Å². The third kappa shape index (κ3) is 2.72. The summed E-state index contributed by atoms with van der Waals surface area (Å²) in [6.45, 7) is 0.618. The molecule has 0 spiro atoms. The van der Waals surface area contributed by atoms with Crippen molar-refractivity contribution in [3.63, 3.8) is 0 Å². The highest BCUT2D eigenvalue weighted by molar-refractivity contribution is 7.18. The number of thiazole rings is 1. The molecular formula is C15H14FN5S2.